The van der Waals surface area contributed by atoms with Crippen LogP contribution in [0.3, 0.4) is 0 Å². The zero-order chi connectivity index (χ0) is 38.4. The molecule has 0 aliphatic carbocycles. The Morgan fingerprint density at radius 2 is 0.690 bits per heavy atom. The van der Waals surface area contributed by atoms with Crippen molar-refractivity contribution in [3.63, 3.8) is 0 Å². The summed E-state index contributed by atoms with van der Waals surface area (Å²) >= 11 is 0. The van der Waals surface area contributed by atoms with E-state index in [0.29, 0.717) is 0 Å². The summed E-state index contributed by atoms with van der Waals surface area (Å²) in [5.41, 5.74) is 12.3. The number of hydrogen-bond donors (Lipinski definition) is 0. The molecule has 11 aromatic rings. The van der Waals surface area contributed by atoms with Gasteiger partial charge < -0.3 is 14.4 Å². The summed E-state index contributed by atoms with van der Waals surface area (Å²) < 4.78 is 4.65. The molecule has 0 aliphatic rings. The van der Waals surface area contributed by atoms with Crippen molar-refractivity contribution in [2.24, 2.45) is 0 Å². The van der Waals surface area contributed by atoms with E-state index < -0.39 is 0 Å². The van der Waals surface area contributed by atoms with Gasteiger partial charge >= 0.3 is 0 Å². The molecule has 0 saturated carbocycles. The van der Waals surface area contributed by atoms with Crippen molar-refractivity contribution >= 4 is 77.7 Å². The van der Waals surface area contributed by atoms with E-state index in [-0.39, 0.29) is 0 Å². The summed E-state index contributed by atoms with van der Waals surface area (Å²) in [6.45, 7) is 0. The minimum absolute atomic E-state index is 0.905. The highest BCUT2D eigenvalue weighted by Gasteiger charge is 2.20. The van der Waals surface area contributed by atoms with Crippen molar-refractivity contribution in [3.8, 4) is 11.5 Å². The number of fused-ring (bicyclic) bond motifs is 6. The van der Waals surface area contributed by atoms with Crippen LogP contribution in [0.2, 0.25) is 0 Å². The van der Waals surface area contributed by atoms with Gasteiger partial charge in [-0.25, -0.2) is 4.98 Å². The molecule has 8 aromatic carbocycles. The SMILES string of the molecule is c1ccc(N(c2ccccc2)c2ccc(-n3c4ccccc4c4cc(N(c5ccccc5)c5ccc6c(c5)c5ccccc5n6-c5ccccn5)ccc43)cc2)cc1. The van der Waals surface area contributed by atoms with E-state index >= 15 is 0 Å². The highest BCUT2D eigenvalue weighted by Crippen LogP contribution is 2.42. The number of aromatic nitrogens is 3. The summed E-state index contributed by atoms with van der Waals surface area (Å²) in [6, 6.07) is 77.8. The number of hydrogen-bond acceptors (Lipinski definition) is 3. The fourth-order valence-electron chi connectivity index (χ4n) is 8.59. The molecular weight excluding hydrogens is 707 g/mol. The minimum atomic E-state index is 0.905. The molecular formula is C53H37N5. The predicted octanol–water partition coefficient (Wildman–Crippen LogP) is 14.2. The first-order valence-corrected chi connectivity index (χ1v) is 19.6. The summed E-state index contributed by atoms with van der Waals surface area (Å²) in [6.07, 6.45) is 1.86. The third-order valence-corrected chi connectivity index (χ3v) is 11.1. The van der Waals surface area contributed by atoms with E-state index in [9.17, 15) is 0 Å². The van der Waals surface area contributed by atoms with Gasteiger partial charge in [-0.1, -0.05) is 97.1 Å². The van der Waals surface area contributed by atoms with Crippen LogP contribution in [0.1, 0.15) is 0 Å². The topological polar surface area (TPSA) is 29.2 Å². The second-order valence-electron chi connectivity index (χ2n) is 14.5. The van der Waals surface area contributed by atoms with Crippen molar-refractivity contribution in [1.82, 2.24) is 14.1 Å². The van der Waals surface area contributed by atoms with Crippen LogP contribution >= 0.6 is 0 Å². The zero-order valence-electron chi connectivity index (χ0n) is 31.6. The largest absolute Gasteiger partial charge is 0.311 e. The lowest BCUT2D eigenvalue weighted by Gasteiger charge is -2.26. The molecule has 3 aromatic heterocycles. The smallest absolute Gasteiger partial charge is 0.137 e. The molecule has 0 spiro atoms. The number of anilines is 6. The van der Waals surface area contributed by atoms with Crippen molar-refractivity contribution in [1.29, 1.82) is 0 Å². The van der Waals surface area contributed by atoms with Crippen LogP contribution in [0.15, 0.2) is 225 Å². The highest BCUT2D eigenvalue weighted by atomic mass is 15.2. The maximum atomic E-state index is 4.74. The Morgan fingerprint density at radius 3 is 1.21 bits per heavy atom. The third-order valence-electron chi connectivity index (χ3n) is 11.1. The van der Waals surface area contributed by atoms with Crippen molar-refractivity contribution in [2.75, 3.05) is 9.80 Å². The molecule has 11 rings (SSSR count). The first kappa shape index (κ1) is 33.4. The minimum Gasteiger partial charge on any atom is -0.311 e. The van der Waals surface area contributed by atoms with Gasteiger partial charge in [0, 0.05) is 67.6 Å². The Labute approximate surface area is 336 Å². The Hall–Kier alpha value is -7.89. The summed E-state index contributed by atoms with van der Waals surface area (Å²) in [7, 11) is 0. The van der Waals surface area contributed by atoms with E-state index in [2.05, 4.69) is 225 Å². The predicted molar refractivity (Wildman–Crippen MR) is 242 cm³/mol. The number of benzene rings is 8. The Morgan fingerprint density at radius 1 is 0.293 bits per heavy atom. The number of nitrogens with zero attached hydrogens (tertiary/aromatic N) is 5. The summed E-state index contributed by atoms with van der Waals surface area (Å²) in [4.78, 5) is 9.41. The number of para-hydroxylation sites is 5. The van der Waals surface area contributed by atoms with Gasteiger partial charge in [-0.05, 0) is 121 Å². The molecule has 0 saturated heterocycles. The number of rotatable bonds is 8. The molecule has 5 heteroatoms. The molecule has 58 heavy (non-hydrogen) atoms. The van der Waals surface area contributed by atoms with E-state index in [1.807, 2.05) is 18.3 Å². The molecule has 0 aliphatic heterocycles. The highest BCUT2D eigenvalue weighted by molar-refractivity contribution is 6.12. The molecule has 0 amide bonds. The van der Waals surface area contributed by atoms with Gasteiger partial charge in [0.1, 0.15) is 5.82 Å². The quantitative estimate of drug-likeness (QED) is 0.155. The molecule has 0 fully saturated rings. The van der Waals surface area contributed by atoms with Crippen molar-refractivity contribution in [3.05, 3.63) is 225 Å². The third kappa shape index (κ3) is 5.60. The van der Waals surface area contributed by atoms with Gasteiger partial charge in [0.25, 0.3) is 0 Å². The fourth-order valence-corrected chi connectivity index (χ4v) is 8.59. The van der Waals surface area contributed by atoms with Crippen LogP contribution in [0.5, 0.6) is 0 Å². The first-order chi connectivity index (χ1) is 28.8. The first-order valence-electron chi connectivity index (χ1n) is 19.6. The Bertz CT molecular complexity index is 3170. The number of pyridine rings is 1. The lowest BCUT2D eigenvalue weighted by atomic mass is 10.1. The van der Waals surface area contributed by atoms with Gasteiger partial charge in [-0.3, -0.25) is 4.57 Å². The van der Waals surface area contributed by atoms with Crippen LogP contribution in [-0.4, -0.2) is 14.1 Å². The average molecular weight is 744 g/mol. The van der Waals surface area contributed by atoms with Crippen LogP contribution in [-0.2, 0) is 0 Å². The van der Waals surface area contributed by atoms with Crippen LogP contribution in [0.4, 0.5) is 34.1 Å². The normalized spacial score (nSPS) is 11.4. The Kier molecular flexibility index (Phi) is 8.07. The fraction of sp³-hybridized carbons (Fsp3) is 0. The van der Waals surface area contributed by atoms with Crippen molar-refractivity contribution in [2.45, 2.75) is 0 Å². The maximum Gasteiger partial charge on any atom is 0.137 e. The van der Waals surface area contributed by atoms with Crippen LogP contribution in [0, 0.1) is 0 Å². The lowest BCUT2D eigenvalue weighted by Crippen LogP contribution is -2.10. The van der Waals surface area contributed by atoms with E-state index in [1.54, 1.807) is 0 Å². The standard InChI is InChI=1S/C53H37N5/c1-4-16-38(17-5-1)55(39-18-6-2-7-19-39)41-27-29-42(30-28-41)57-49-24-12-10-22-45(49)47-36-43(31-33-51(47)57)56(40-20-8-3-9-21-40)44-32-34-52-48(37-44)46-23-11-13-25-50(46)58(52)53-26-14-15-35-54-53/h1-37H. The van der Waals surface area contributed by atoms with Crippen molar-refractivity contribution < 1.29 is 0 Å². The molecule has 3 heterocycles. The van der Waals surface area contributed by atoms with Gasteiger partial charge in [-0.15, -0.1) is 0 Å². The van der Waals surface area contributed by atoms with Crippen LogP contribution < -0.4 is 9.80 Å². The van der Waals surface area contributed by atoms with Gasteiger partial charge in [0.2, 0.25) is 0 Å². The van der Waals surface area contributed by atoms with E-state index in [1.165, 1.54) is 27.1 Å². The van der Waals surface area contributed by atoms with Crippen LogP contribution in [0.25, 0.3) is 55.1 Å². The van der Waals surface area contributed by atoms with Gasteiger partial charge in [0.05, 0.1) is 22.1 Å². The van der Waals surface area contributed by atoms with E-state index in [4.69, 9.17) is 4.98 Å². The second-order valence-corrected chi connectivity index (χ2v) is 14.5. The van der Waals surface area contributed by atoms with Gasteiger partial charge in [0.15, 0.2) is 0 Å². The average Bonchev–Trinajstić information content (AvgIpc) is 3.81. The second kappa shape index (κ2) is 14.0. The summed E-state index contributed by atoms with van der Waals surface area (Å²) in [5.74, 6) is 0.905. The van der Waals surface area contributed by atoms with E-state index in [0.717, 1.165) is 62.2 Å². The summed E-state index contributed by atoms with van der Waals surface area (Å²) in [5, 5.41) is 4.78. The monoisotopic (exact) mass is 743 g/mol. The molecule has 0 radical (unpaired) electrons. The molecule has 5 nitrogen and oxygen atoms in total. The maximum absolute atomic E-state index is 4.74. The molecule has 0 unspecified atom stereocenters. The molecule has 0 atom stereocenters. The Balaban J connectivity index is 1.05. The zero-order valence-corrected chi connectivity index (χ0v) is 31.6. The molecule has 274 valence electrons. The lowest BCUT2D eigenvalue weighted by molar-refractivity contribution is 1.08. The van der Waals surface area contributed by atoms with Gasteiger partial charge in [-0.2, -0.15) is 0 Å². The molecule has 0 N–H and O–H groups in total. The molecule has 0 bridgehead atoms.